The second kappa shape index (κ2) is 7.81. The standard InChI is InChI=1S/C20H29N3O3/c1-13-16(14(2)23(5)22-13)9-11-19(24)21-20(3,4)15-8-10-17(25-6)18(12-15)26-7/h8,10,12H,9,11H2,1-7H3,(H,21,24). The van der Waals surface area contributed by atoms with Gasteiger partial charge in [0.1, 0.15) is 0 Å². The third-order valence-electron chi connectivity index (χ3n) is 4.82. The maximum absolute atomic E-state index is 12.5. The summed E-state index contributed by atoms with van der Waals surface area (Å²) < 4.78 is 12.5. The molecule has 1 aromatic heterocycles. The van der Waals surface area contributed by atoms with Crippen LogP contribution in [0, 0.1) is 13.8 Å². The van der Waals surface area contributed by atoms with E-state index in [0.29, 0.717) is 24.3 Å². The maximum atomic E-state index is 12.5. The zero-order valence-corrected chi connectivity index (χ0v) is 16.8. The van der Waals surface area contributed by atoms with Crippen molar-refractivity contribution in [2.45, 2.75) is 46.1 Å². The van der Waals surface area contributed by atoms with Crippen molar-refractivity contribution in [2.75, 3.05) is 14.2 Å². The molecule has 1 heterocycles. The quantitative estimate of drug-likeness (QED) is 0.825. The number of hydrogen-bond donors (Lipinski definition) is 1. The number of nitrogens with zero attached hydrogens (tertiary/aromatic N) is 2. The smallest absolute Gasteiger partial charge is 0.221 e. The van der Waals surface area contributed by atoms with Gasteiger partial charge in [-0.05, 0) is 57.4 Å². The van der Waals surface area contributed by atoms with Gasteiger partial charge >= 0.3 is 0 Å². The molecular formula is C20H29N3O3. The molecule has 0 spiro atoms. The molecular weight excluding hydrogens is 330 g/mol. The summed E-state index contributed by atoms with van der Waals surface area (Å²) in [5.41, 5.74) is 3.67. The lowest BCUT2D eigenvalue weighted by molar-refractivity contribution is -0.122. The fourth-order valence-corrected chi connectivity index (χ4v) is 3.13. The molecule has 0 unspecified atom stereocenters. The molecule has 2 rings (SSSR count). The Labute approximate surface area is 155 Å². The summed E-state index contributed by atoms with van der Waals surface area (Å²) >= 11 is 0. The third kappa shape index (κ3) is 4.18. The van der Waals surface area contributed by atoms with Crippen molar-refractivity contribution in [2.24, 2.45) is 7.05 Å². The topological polar surface area (TPSA) is 65.4 Å². The van der Waals surface area contributed by atoms with E-state index in [-0.39, 0.29) is 5.91 Å². The summed E-state index contributed by atoms with van der Waals surface area (Å²) in [5.74, 6) is 1.32. The van der Waals surface area contributed by atoms with Gasteiger partial charge < -0.3 is 14.8 Å². The first-order valence-corrected chi connectivity index (χ1v) is 8.72. The molecule has 0 aliphatic heterocycles. The number of rotatable bonds is 7. The molecule has 0 aliphatic rings. The highest BCUT2D eigenvalue weighted by Gasteiger charge is 2.24. The van der Waals surface area contributed by atoms with Crippen molar-refractivity contribution < 1.29 is 14.3 Å². The van der Waals surface area contributed by atoms with Gasteiger partial charge in [-0.2, -0.15) is 5.10 Å². The van der Waals surface area contributed by atoms with Crippen LogP contribution in [0.2, 0.25) is 0 Å². The second-order valence-electron chi connectivity index (χ2n) is 7.02. The Morgan fingerprint density at radius 2 is 1.85 bits per heavy atom. The number of carbonyl (C=O) groups is 1. The minimum absolute atomic E-state index is 0.00689. The normalized spacial score (nSPS) is 11.3. The molecule has 0 bridgehead atoms. The van der Waals surface area contributed by atoms with Crippen LogP contribution < -0.4 is 14.8 Å². The Hall–Kier alpha value is -2.50. The minimum Gasteiger partial charge on any atom is -0.493 e. The van der Waals surface area contributed by atoms with Crippen molar-refractivity contribution in [1.82, 2.24) is 15.1 Å². The largest absolute Gasteiger partial charge is 0.493 e. The molecule has 1 N–H and O–H groups in total. The molecule has 2 aromatic rings. The average Bonchev–Trinajstić information content (AvgIpc) is 2.84. The van der Waals surface area contributed by atoms with Gasteiger partial charge in [-0.3, -0.25) is 9.48 Å². The number of ether oxygens (including phenoxy) is 2. The number of carbonyl (C=O) groups excluding carboxylic acids is 1. The summed E-state index contributed by atoms with van der Waals surface area (Å²) in [6.45, 7) is 7.97. The molecule has 0 fully saturated rings. The highest BCUT2D eigenvalue weighted by Crippen LogP contribution is 2.32. The van der Waals surface area contributed by atoms with Crippen LogP contribution in [-0.4, -0.2) is 29.9 Å². The van der Waals surface area contributed by atoms with Crippen molar-refractivity contribution >= 4 is 5.91 Å². The monoisotopic (exact) mass is 359 g/mol. The summed E-state index contributed by atoms with van der Waals surface area (Å²) in [4.78, 5) is 12.5. The van der Waals surface area contributed by atoms with Gasteiger partial charge in [-0.15, -0.1) is 0 Å². The first-order valence-electron chi connectivity index (χ1n) is 8.72. The Bertz CT molecular complexity index is 794. The van der Waals surface area contributed by atoms with Crippen molar-refractivity contribution in [3.63, 3.8) is 0 Å². The number of amides is 1. The zero-order chi connectivity index (χ0) is 19.5. The predicted molar refractivity (Wildman–Crippen MR) is 102 cm³/mol. The molecule has 0 atom stereocenters. The van der Waals surface area contributed by atoms with E-state index in [1.165, 1.54) is 0 Å². The van der Waals surface area contributed by atoms with E-state index in [9.17, 15) is 4.79 Å². The highest BCUT2D eigenvalue weighted by atomic mass is 16.5. The van der Waals surface area contributed by atoms with Crippen LogP contribution in [0.3, 0.4) is 0 Å². The van der Waals surface area contributed by atoms with Gasteiger partial charge in [0, 0.05) is 19.2 Å². The predicted octanol–water partition coefficient (Wildman–Crippen LogP) is 3.04. The van der Waals surface area contributed by atoms with E-state index >= 15 is 0 Å². The van der Waals surface area contributed by atoms with Gasteiger partial charge in [0.05, 0.1) is 25.5 Å². The van der Waals surface area contributed by atoms with Crippen LogP contribution in [0.5, 0.6) is 11.5 Å². The van der Waals surface area contributed by atoms with Gasteiger partial charge in [-0.25, -0.2) is 0 Å². The molecule has 1 aromatic carbocycles. The Morgan fingerprint density at radius 3 is 2.38 bits per heavy atom. The van der Waals surface area contributed by atoms with E-state index in [4.69, 9.17) is 9.47 Å². The Balaban J connectivity index is 2.07. The molecule has 0 saturated carbocycles. The molecule has 6 heteroatoms. The molecule has 0 aliphatic carbocycles. The van der Waals surface area contributed by atoms with E-state index < -0.39 is 5.54 Å². The maximum Gasteiger partial charge on any atom is 0.221 e. The number of benzene rings is 1. The SMILES string of the molecule is COc1ccc(C(C)(C)NC(=O)CCc2c(C)nn(C)c2C)cc1OC. The van der Waals surface area contributed by atoms with Crippen molar-refractivity contribution in [1.29, 1.82) is 0 Å². The number of aryl methyl sites for hydroxylation is 2. The van der Waals surface area contributed by atoms with E-state index in [2.05, 4.69) is 10.4 Å². The summed E-state index contributed by atoms with van der Waals surface area (Å²) in [5, 5.41) is 7.52. The first kappa shape index (κ1) is 19.8. The fourth-order valence-electron chi connectivity index (χ4n) is 3.13. The molecule has 26 heavy (non-hydrogen) atoms. The molecule has 142 valence electrons. The summed E-state index contributed by atoms with van der Waals surface area (Å²) in [6.07, 6.45) is 1.10. The van der Waals surface area contributed by atoms with E-state index in [0.717, 1.165) is 22.5 Å². The van der Waals surface area contributed by atoms with Crippen LogP contribution in [-0.2, 0) is 23.8 Å². The van der Waals surface area contributed by atoms with E-state index in [1.807, 2.05) is 57.6 Å². The van der Waals surface area contributed by atoms with Crippen LogP contribution in [0.25, 0.3) is 0 Å². The van der Waals surface area contributed by atoms with Crippen LogP contribution >= 0.6 is 0 Å². The molecule has 1 amide bonds. The third-order valence-corrected chi connectivity index (χ3v) is 4.82. The first-order chi connectivity index (χ1) is 12.2. The Kier molecular flexibility index (Phi) is 5.95. The molecule has 6 nitrogen and oxygen atoms in total. The van der Waals surface area contributed by atoms with Crippen molar-refractivity contribution in [3.05, 3.63) is 40.7 Å². The van der Waals surface area contributed by atoms with Gasteiger partial charge in [0.15, 0.2) is 11.5 Å². The fraction of sp³-hybridized carbons (Fsp3) is 0.500. The van der Waals surface area contributed by atoms with Crippen molar-refractivity contribution in [3.8, 4) is 11.5 Å². The van der Waals surface area contributed by atoms with Crippen LogP contribution in [0.4, 0.5) is 0 Å². The number of aromatic nitrogens is 2. The second-order valence-corrected chi connectivity index (χ2v) is 7.02. The van der Waals surface area contributed by atoms with Gasteiger partial charge in [-0.1, -0.05) is 6.07 Å². The average molecular weight is 359 g/mol. The van der Waals surface area contributed by atoms with E-state index in [1.54, 1.807) is 14.2 Å². The minimum atomic E-state index is -0.518. The number of hydrogen-bond acceptors (Lipinski definition) is 4. The Morgan fingerprint density at radius 1 is 1.19 bits per heavy atom. The number of nitrogens with one attached hydrogen (secondary N) is 1. The lowest BCUT2D eigenvalue weighted by Gasteiger charge is -2.27. The highest BCUT2D eigenvalue weighted by molar-refractivity contribution is 5.77. The lowest BCUT2D eigenvalue weighted by atomic mass is 9.93. The van der Waals surface area contributed by atoms with Crippen LogP contribution in [0.1, 0.15) is 42.8 Å². The lowest BCUT2D eigenvalue weighted by Crippen LogP contribution is -2.41. The number of methoxy groups -OCH3 is 2. The van der Waals surface area contributed by atoms with Crippen LogP contribution in [0.15, 0.2) is 18.2 Å². The summed E-state index contributed by atoms with van der Waals surface area (Å²) in [6, 6.07) is 5.69. The molecule has 0 saturated heterocycles. The molecule has 0 radical (unpaired) electrons. The van der Waals surface area contributed by atoms with Gasteiger partial charge in [0.2, 0.25) is 5.91 Å². The van der Waals surface area contributed by atoms with Gasteiger partial charge in [0.25, 0.3) is 0 Å². The zero-order valence-electron chi connectivity index (χ0n) is 16.8. The summed E-state index contributed by atoms with van der Waals surface area (Å²) in [7, 11) is 5.13.